The highest BCUT2D eigenvalue weighted by atomic mass is 35.5. The van der Waals surface area contributed by atoms with Crippen LogP contribution in [0.2, 0.25) is 5.02 Å². The van der Waals surface area contributed by atoms with Crippen LogP contribution in [0.4, 0.5) is 11.4 Å². The van der Waals surface area contributed by atoms with Gasteiger partial charge in [0.1, 0.15) is 22.0 Å². The van der Waals surface area contributed by atoms with Crippen LogP contribution >= 0.6 is 19.2 Å². The number of benzene rings is 3. The van der Waals surface area contributed by atoms with E-state index in [1.165, 1.54) is 6.07 Å². The lowest BCUT2D eigenvalue weighted by Crippen LogP contribution is -2.04. The third kappa shape index (κ3) is 5.15. The summed E-state index contributed by atoms with van der Waals surface area (Å²) in [6.07, 6.45) is 0. The average molecular weight is 539 g/mol. The first kappa shape index (κ1) is 25.0. The number of phenols is 2. The van der Waals surface area contributed by atoms with Crippen LogP contribution in [0.5, 0.6) is 11.5 Å². The largest absolute Gasteiger partial charge is 0.507 e. The normalized spacial score (nSPS) is 13.1. The Morgan fingerprint density at radius 3 is 2.06 bits per heavy atom. The molecule has 17 heteroatoms. The van der Waals surface area contributed by atoms with E-state index in [0.717, 1.165) is 12.1 Å². The van der Waals surface area contributed by atoms with Crippen molar-refractivity contribution in [1.29, 1.82) is 0 Å². The minimum absolute atomic E-state index is 0.0565. The monoisotopic (exact) mass is 538 g/mol. The van der Waals surface area contributed by atoms with E-state index in [1.54, 1.807) is 0 Å². The zero-order valence-corrected chi connectivity index (χ0v) is 19.0. The summed E-state index contributed by atoms with van der Waals surface area (Å²) in [6.45, 7) is 0. The van der Waals surface area contributed by atoms with E-state index < -0.39 is 76.6 Å². The van der Waals surface area contributed by atoms with E-state index in [2.05, 4.69) is 10.2 Å². The van der Waals surface area contributed by atoms with E-state index in [-0.39, 0.29) is 5.02 Å². The second-order valence-electron chi connectivity index (χ2n) is 6.44. The van der Waals surface area contributed by atoms with Gasteiger partial charge in [-0.3, -0.25) is 13.7 Å². The van der Waals surface area contributed by atoms with E-state index in [1.807, 2.05) is 0 Å². The number of halogens is 1. The number of aromatic hydroxyl groups is 2. The van der Waals surface area contributed by atoms with Crippen molar-refractivity contribution in [1.82, 2.24) is 0 Å². The molecule has 0 heterocycles. The maximum absolute atomic E-state index is 11.9. The lowest BCUT2D eigenvalue weighted by atomic mass is 10.1. The second-order valence-corrected chi connectivity index (χ2v) is 11.3. The van der Waals surface area contributed by atoms with Crippen molar-refractivity contribution in [3.63, 3.8) is 0 Å². The maximum atomic E-state index is 11.9. The molecule has 0 amide bonds. The number of hydrogen-bond acceptors (Lipinski definition) is 9. The molecule has 0 radical (unpaired) electrons. The summed E-state index contributed by atoms with van der Waals surface area (Å²) in [5, 5.41) is 26.0. The molecule has 3 aromatic carbocycles. The molecule has 0 aromatic heterocycles. The predicted octanol–water partition coefficient (Wildman–Crippen LogP) is 2.62. The summed E-state index contributed by atoms with van der Waals surface area (Å²) < 4.78 is 76.9. The van der Waals surface area contributed by atoms with Gasteiger partial charge in [0.25, 0.3) is 20.2 Å². The van der Waals surface area contributed by atoms with Gasteiger partial charge in [-0.15, -0.1) is 10.2 Å². The standard InChI is InChI=1S/C16H12ClN2O11PS2/c17-8-1-2-10(12(5-8)31(22,23)24)18-19-15-13(33(28,29)30)4-7-3-9(32(25,26)27)6-11(20)14(7)16(15)21/h1-6,20-21H,(H2,22,23,24)(H,25,26,27)(H,28,29,30). The van der Waals surface area contributed by atoms with Gasteiger partial charge in [0, 0.05) is 11.1 Å². The van der Waals surface area contributed by atoms with Crippen molar-refractivity contribution in [3.05, 3.63) is 41.4 Å². The first-order valence-electron chi connectivity index (χ1n) is 8.25. The van der Waals surface area contributed by atoms with E-state index in [9.17, 15) is 50.5 Å². The molecule has 0 aliphatic rings. The molecule has 0 aliphatic carbocycles. The fourth-order valence-corrected chi connectivity index (χ4v) is 4.97. The van der Waals surface area contributed by atoms with Crippen LogP contribution in [0.3, 0.4) is 0 Å². The lowest BCUT2D eigenvalue weighted by molar-refractivity contribution is 0.387. The van der Waals surface area contributed by atoms with Gasteiger partial charge in [-0.25, -0.2) is 0 Å². The SMILES string of the molecule is O=P(O)(O)c1cc(Cl)ccc1N=Nc1c(S(=O)(=O)O)cc2cc(S(=O)(=O)O)cc(O)c2c1O. The molecule has 0 atom stereocenters. The Labute approximate surface area is 190 Å². The second kappa shape index (κ2) is 8.30. The fraction of sp³-hybridized carbons (Fsp3) is 0. The van der Waals surface area contributed by atoms with Crippen molar-refractivity contribution < 1.29 is 50.5 Å². The average Bonchev–Trinajstić information content (AvgIpc) is 2.65. The van der Waals surface area contributed by atoms with Gasteiger partial charge in [0.2, 0.25) is 0 Å². The van der Waals surface area contributed by atoms with E-state index in [0.29, 0.717) is 18.2 Å². The first-order valence-corrected chi connectivity index (χ1v) is 13.1. The molecular formula is C16H12ClN2O11PS2. The predicted molar refractivity (Wildman–Crippen MR) is 114 cm³/mol. The number of rotatable bonds is 5. The Bertz CT molecular complexity index is 1600. The maximum Gasteiger partial charge on any atom is 0.358 e. The zero-order chi connectivity index (χ0) is 24.9. The number of azo groups is 1. The van der Waals surface area contributed by atoms with Gasteiger partial charge < -0.3 is 20.0 Å². The minimum Gasteiger partial charge on any atom is -0.507 e. The Hall–Kier alpha value is -2.62. The summed E-state index contributed by atoms with van der Waals surface area (Å²) >= 11 is 5.72. The van der Waals surface area contributed by atoms with Crippen molar-refractivity contribution in [3.8, 4) is 11.5 Å². The number of phenolic OH excluding ortho intramolecular Hbond substituents is 2. The molecule has 13 nitrogen and oxygen atoms in total. The highest BCUT2D eigenvalue weighted by molar-refractivity contribution is 7.86. The Morgan fingerprint density at radius 2 is 1.52 bits per heavy atom. The van der Waals surface area contributed by atoms with Gasteiger partial charge in [0.05, 0.1) is 15.6 Å². The summed E-state index contributed by atoms with van der Waals surface area (Å²) in [6, 6.07) is 5.05. The molecule has 3 rings (SSSR count). The van der Waals surface area contributed by atoms with Crippen LogP contribution in [0.25, 0.3) is 10.8 Å². The molecular weight excluding hydrogens is 527 g/mol. The summed E-state index contributed by atoms with van der Waals surface area (Å²) in [5.41, 5.74) is -1.40. The number of fused-ring (bicyclic) bond motifs is 1. The van der Waals surface area contributed by atoms with Gasteiger partial charge in [0.15, 0.2) is 5.75 Å². The van der Waals surface area contributed by atoms with Crippen LogP contribution in [0.15, 0.2) is 56.4 Å². The molecule has 176 valence electrons. The van der Waals surface area contributed by atoms with Gasteiger partial charge in [-0.05, 0) is 35.7 Å². The van der Waals surface area contributed by atoms with Gasteiger partial charge >= 0.3 is 7.60 Å². The highest BCUT2D eigenvalue weighted by Crippen LogP contribution is 2.46. The first-order chi connectivity index (χ1) is 15.0. The van der Waals surface area contributed by atoms with Crippen LogP contribution in [-0.4, -0.2) is 45.9 Å². The summed E-state index contributed by atoms with van der Waals surface area (Å²) in [7, 11) is -14.9. The molecule has 0 saturated carbocycles. The molecule has 0 bridgehead atoms. The zero-order valence-electron chi connectivity index (χ0n) is 15.7. The highest BCUT2D eigenvalue weighted by Gasteiger charge is 2.26. The molecule has 0 unspecified atom stereocenters. The third-order valence-electron chi connectivity index (χ3n) is 4.19. The molecule has 0 fully saturated rings. The van der Waals surface area contributed by atoms with E-state index >= 15 is 0 Å². The van der Waals surface area contributed by atoms with Crippen molar-refractivity contribution in [2.24, 2.45) is 10.2 Å². The van der Waals surface area contributed by atoms with Crippen LogP contribution in [-0.2, 0) is 24.8 Å². The summed E-state index contributed by atoms with van der Waals surface area (Å²) in [5.74, 6) is -1.98. The van der Waals surface area contributed by atoms with Crippen LogP contribution in [0.1, 0.15) is 0 Å². The Morgan fingerprint density at radius 1 is 0.879 bits per heavy atom. The van der Waals surface area contributed by atoms with Crippen LogP contribution in [0, 0.1) is 0 Å². The van der Waals surface area contributed by atoms with Crippen molar-refractivity contribution in [2.75, 3.05) is 0 Å². The molecule has 33 heavy (non-hydrogen) atoms. The minimum atomic E-state index is -5.14. The van der Waals surface area contributed by atoms with Crippen molar-refractivity contribution >= 4 is 66.9 Å². The van der Waals surface area contributed by atoms with Gasteiger partial charge in [-0.2, -0.15) is 16.8 Å². The molecule has 6 N–H and O–H groups in total. The third-order valence-corrected chi connectivity index (χ3v) is 7.11. The topological polar surface area (TPSA) is 231 Å². The molecule has 0 aliphatic heterocycles. The quantitative estimate of drug-likeness (QED) is 0.157. The molecule has 3 aromatic rings. The Balaban J connectivity index is 2.36. The van der Waals surface area contributed by atoms with Crippen LogP contribution < -0.4 is 5.30 Å². The van der Waals surface area contributed by atoms with Crippen molar-refractivity contribution in [2.45, 2.75) is 9.79 Å². The number of hydrogen-bond donors (Lipinski definition) is 6. The fourth-order valence-electron chi connectivity index (χ4n) is 2.80. The molecule has 0 saturated heterocycles. The molecule has 0 spiro atoms. The summed E-state index contributed by atoms with van der Waals surface area (Å²) in [4.78, 5) is 17.0. The Kier molecular flexibility index (Phi) is 6.29. The lowest BCUT2D eigenvalue weighted by Gasteiger charge is -2.11. The smallest absolute Gasteiger partial charge is 0.358 e. The van der Waals surface area contributed by atoms with Gasteiger partial charge in [-0.1, -0.05) is 11.6 Å². The number of nitrogens with zero attached hydrogens (tertiary/aromatic N) is 2. The van der Waals surface area contributed by atoms with E-state index in [4.69, 9.17) is 11.6 Å².